The van der Waals surface area contributed by atoms with Crippen molar-refractivity contribution in [2.45, 2.75) is 13.2 Å². The van der Waals surface area contributed by atoms with E-state index >= 15 is 0 Å². The van der Waals surface area contributed by atoms with Crippen molar-refractivity contribution >= 4 is 0 Å². The molecule has 1 aliphatic rings. The summed E-state index contributed by atoms with van der Waals surface area (Å²) in [5.41, 5.74) is 0.0228. The fraction of sp³-hybridized carbons (Fsp3) is 0.250. The Morgan fingerprint density at radius 2 is 1.92 bits per heavy atom. The van der Waals surface area contributed by atoms with Crippen LogP contribution in [0.25, 0.3) is 0 Å². The summed E-state index contributed by atoms with van der Waals surface area (Å²) >= 11 is 0. The number of alkyl halides is 2. The first-order valence-electron chi connectivity index (χ1n) is 3.54. The molecule has 13 heavy (non-hydrogen) atoms. The minimum absolute atomic E-state index is 0.0228. The van der Waals surface area contributed by atoms with E-state index in [9.17, 15) is 13.2 Å². The van der Waals surface area contributed by atoms with Gasteiger partial charge in [0.05, 0.1) is 0 Å². The predicted octanol–water partition coefficient (Wildman–Crippen LogP) is 2.46. The van der Waals surface area contributed by atoms with Crippen LogP contribution in [0.1, 0.15) is 5.56 Å². The highest BCUT2D eigenvalue weighted by Gasteiger charge is 2.44. The lowest BCUT2D eigenvalue weighted by molar-refractivity contribution is -0.286. The number of halogens is 3. The van der Waals surface area contributed by atoms with Crippen LogP contribution in [-0.4, -0.2) is 6.29 Å². The van der Waals surface area contributed by atoms with Crippen molar-refractivity contribution in [3.05, 3.63) is 23.5 Å². The van der Waals surface area contributed by atoms with Crippen molar-refractivity contribution in [2.75, 3.05) is 0 Å². The van der Waals surface area contributed by atoms with Crippen LogP contribution >= 0.6 is 0 Å². The van der Waals surface area contributed by atoms with Gasteiger partial charge in [-0.25, -0.2) is 4.39 Å². The van der Waals surface area contributed by atoms with Gasteiger partial charge in [0.2, 0.25) is 0 Å². The second-order valence-electron chi connectivity index (χ2n) is 2.67. The van der Waals surface area contributed by atoms with Crippen LogP contribution < -0.4 is 9.47 Å². The Hall–Kier alpha value is -1.39. The lowest BCUT2D eigenvalue weighted by Gasteiger charge is -2.05. The van der Waals surface area contributed by atoms with Crippen molar-refractivity contribution in [2.24, 2.45) is 0 Å². The van der Waals surface area contributed by atoms with Crippen LogP contribution in [0.5, 0.6) is 11.5 Å². The van der Waals surface area contributed by atoms with Gasteiger partial charge in [-0.1, -0.05) is 0 Å². The molecule has 0 aromatic heterocycles. The van der Waals surface area contributed by atoms with Gasteiger partial charge in [-0.05, 0) is 19.1 Å². The molecule has 0 unspecified atom stereocenters. The van der Waals surface area contributed by atoms with Gasteiger partial charge < -0.3 is 9.47 Å². The summed E-state index contributed by atoms with van der Waals surface area (Å²) in [6, 6.07) is 2.16. The van der Waals surface area contributed by atoms with E-state index in [1.165, 1.54) is 6.92 Å². The molecule has 1 heterocycles. The molecule has 70 valence electrons. The van der Waals surface area contributed by atoms with E-state index in [1.54, 1.807) is 0 Å². The monoisotopic (exact) mass is 190 g/mol. The summed E-state index contributed by atoms with van der Waals surface area (Å²) in [7, 11) is 0. The van der Waals surface area contributed by atoms with Crippen LogP contribution in [0.4, 0.5) is 13.2 Å². The summed E-state index contributed by atoms with van der Waals surface area (Å²) in [5.74, 6) is -0.964. The number of fused-ring (bicyclic) bond motifs is 1. The van der Waals surface area contributed by atoms with E-state index in [1.807, 2.05) is 0 Å². The summed E-state index contributed by atoms with van der Waals surface area (Å²) in [4.78, 5) is 0. The van der Waals surface area contributed by atoms with E-state index in [2.05, 4.69) is 9.47 Å². The summed E-state index contributed by atoms with van der Waals surface area (Å²) in [6.45, 7) is 1.35. The minimum Gasteiger partial charge on any atom is -0.395 e. The smallest absolute Gasteiger partial charge is 0.395 e. The third-order valence-corrected chi connectivity index (χ3v) is 1.75. The van der Waals surface area contributed by atoms with Crippen molar-refractivity contribution in [1.29, 1.82) is 0 Å². The molecule has 2 nitrogen and oxygen atoms in total. The summed E-state index contributed by atoms with van der Waals surface area (Å²) in [5, 5.41) is 0. The average Bonchev–Trinajstić information content (AvgIpc) is 2.34. The van der Waals surface area contributed by atoms with Gasteiger partial charge >= 0.3 is 6.29 Å². The molecular weight excluding hydrogens is 185 g/mol. The Labute approximate surface area is 71.9 Å². The van der Waals surface area contributed by atoms with Gasteiger partial charge in [0.25, 0.3) is 0 Å². The fourth-order valence-corrected chi connectivity index (χ4v) is 1.12. The highest BCUT2D eigenvalue weighted by molar-refractivity contribution is 5.48. The molecule has 2 rings (SSSR count). The standard InChI is InChI=1S/C8H5F3O2/c1-4-5(9)2-3-6-7(4)13-8(10,11)12-6/h2-3H,1H3. The van der Waals surface area contributed by atoms with Crippen LogP contribution in [-0.2, 0) is 0 Å². The van der Waals surface area contributed by atoms with Crippen molar-refractivity contribution in [3.63, 3.8) is 0 Å². The molecule has 0 atom stereocenters. The molecule has 0 spiro atoms. The molecule has 1 aromatic carbocycles. The third kappa shape index (κ3) is 1.20. The largest absolute Gasteiger partial charge is 0.586 e. The third-order valence-electron chi connectivity index (χ3n) is 1.75. The molecule has 0 bridgehead atoms. The SMILES string of the molecule is Cc1c(F)ccc2c1OC(F)(F)O2. The maximum atomic E-state index is 12.8. The summed E-state index contributed by atoms with van der Waals surface area (Å²) in [6.07, 6.45) is -3.68. The topological polar surface area (TPSA) is 18.5 Å². The molecule has 5 heteroatoms. The Morgan fingerprint density at radius 3 is 2.62 bits per heavy atom. The zero-order chi connectivity index (χ0) is 9.64. The van der Waals surface area contributed by atoms with Gasteiger partial charge in [-0.15, -0.1) is 8.78 Å². The van der Waals surface area contributed by atoms with Gasteiger partial charge in [-0.2, -0.15) is 0 Å². The van der Waals surface area contributed by atoms with E-state index in [4.69, 9.17) is 0 Å². The predicted molar refractivity (Wildman–Crippen MR) is 37.3 cm³/mol. The van der Waals surface area contributed by atoms with Crippen molar-refractivity contribution in [3.8, 4) is 11.5 Å². The zero-order valence-corrected chi connectivity index (χ0v) is 6.61. The van der Waals surface area contributed by atoms with E-state index in [0.717, 1.165) is 12.1 Å². The Balaban J connectivity index is 2.53. The maximum Gasteiger partial charge on any atom is 0.586 e. The van der Waals surface area contributed by atoms with Crippen LogP contribution in [0.15, 0.2) is 12.1 Å². The molecule has 0 saturated carbocycles. The van der Waals surface area contributed by atoms with Gasteiger partial charge in [0.15, 0.2) is 11.5 Å². The molecular formula is C8H5F3O2. The molecule has 0 amide bonds. The Bertz CT molecular complexity index is 363. The van der Waals surface area contributed by atoms with Crippen LogP contribution in [0.3, 0.4) is 0 Å². The molecule has 0 saturated heterocycles. The minimum atomic E-state index is -3.68. The molecule has 0 radical (unpaired) electrons. The molecule has 1 aromatic rings. The van der Waals surface area contributed by atoms with Gasteiger partial charge in [0, 0.05) is 5.56 Å². The highest BCUT2D eigenvalue weighted by atomic mass is 19.3. The van der Waals surface area contributed by atoms with Crippen LogP contribution in [0.2, 0.25) is 0 Å². The maximum absolute atomic E-state index is 12.8. The first-order chi connectivity index (χ1) is 5.99. The number of rotatable bonds is 0. The van der Waals surface area contributed by atoms with E-state index in [0.29, 0.717) is 0 Å². The Kier molecular flexibility index (Phi) is 1.46. The number of ether oxygens (including phenoxy) is 2. The summed E-state index contributed by atoms with van der Waals surface area (Å²) < 4.78 is 46.0. The average molecular weight is 190 g/mol. The molecule has 1 aliphatic heterocycles. The lowest BCUT2D eigenvalue weighted by atomic mass is 10.2. The Morgan fingerprint density at radius 1 is 1.23 bits per heavy atom. The highest BCUT2D eigenvalue weighted by Crippen LogP contribution is 2.43. The number of benzene rings is 1. The van der Waals surface area contributed by atoms with E-state index in [-0.39, 0.29) is 17.1 Å². The molecule has 0 fully saturated rings. The first kappa shape index (κ1) is 8.22. The van der Waals surface area contributed by atoms with Gasteiger partial charge in [0.1, 0.15) is 5.82 Å². The second kappa shape index (κ2) is 2.31. The van der Waals surface area contributed by atoms with Crippen molar-refractivity contribution < 1.29 is 22.6 Å². The first-order valence-corrected chi connectivity index (χ1v) is 3.54. The van der Waals surface area contributed by atoms with Crippen LogP contribution in [0, 0.1) is 12.7 Å². The lowest BCUT2D eigenvalue weighted by Crippen LogP contribution is -2.26. The molecule has 0 aliphatic carbocycles. The number of hydrogen-bond acceptors (Lipinski definition) is 2. The van der Waals surface area contributed by atoms with E-state index < -0.39 is 12.1 Å². The molecule has 0 N–H and O–H groups in total. The van der Waals surface area contributed by atoms with Gasteiger partial charge in [-0.3, -0.25) is 0 Å². The van der Waals surface area contributed by atoms with Crippen molar-refractivity contribution in [1.82, 2.24) is 0 Å². The zero-order valence-electron chi connectivity index (χ0n) is 6.61. The normalized spacial score (nSPS) is 17.5. The quantitative estimate of drug-likeness (QED) is 0.625. The fourth-order valence-electron chi connectivity index (χ4n) is 1.12. The second-order valence-corrected chi connectivity index (χ2v) is 2.67. The number of hydrogen-bond donors (Lipinski definition) is 0.